The Balaban J connectivity index is 1.54. The number of pyridine rings is 1. The van der Waals surface area contributed by atoms with Gasteiger partial charge in [0.2, 0.25) is 5.95 Å². The number of nitrogens with zero attached hydrogens (tertiary/aromatic N) is 4. The zero-order valence-electron chi connectivity index (χ0n) is 20.1. The maximum Gasteiger partial charge on any atom is 0.407 e. The van der Waals surface area contributed by atoms with Gasteiger partial charge in [-0.2, -0.15) is 0 Å². The number of amides is 1. The predicted molar refractivity (Wildman–Crippen MR) is 133 cm³/mol. The molecule has 9 nitrogen and oxygen atoms in total. The fourth-order valence-electron chi connectivity index (χ4n) is 3.16. The van der Waals surface area contributed by atoms with Crippen molar-refractivity contribution in [2.75, 3.05) is 30.4 Å². The monoisotopic (exact) mass is 464 g/mol. The van der Waals surface area contributed by atoms with E-state index in [9.17, 15) is 9.90 Å². The highest BCUT2D eigenvalue weighted by Crippen LogP contribution is 2.21. The second-order valence-electron chi connectivity index (χ2n) is 8.86. The quantitative estimate of drug-likeness (QED) is 0.405. The zero-order chi connectivity index (χ0) is 24.6. The number of anilines is 3. The third-order valence-electron chi connectivity index (χ3n) is 4.79. The molecule has 34 heavy (non-hydrogen) atoms. The number of hydrogen-bond acceptors (Lipinski definition) is 8. The number of aliphatic hydroxyl groups is 1. The minimum atomic E-state index is -0.502. The van der Waals surface area contributed by atoms with Crippen LogP contribution in [0.15, 0.2) is 54.9 Å². The number of carbonyl (C=O) groups excluding carboxylic acids is 1. The molecule has 1 amide bonds. The second-order valence-corrected chi connectivity index (χ2v) is 8.86. The van der Waals surface area contributed by atoms with Crippen LogP contribution in [0, 0.1) is 0 Å². The molecular formula is C25H32N6O3. The van der Waals surface area contributed by atoms with Gasteiger partial charge >= 0.3 is 6.09 Å². The smallest absolute Gasteiger partial charge is 0.407 e. The molecule has 2 heterocycles. The normalized spacial score (nSPS) is 11.1. The lowest BCUT2D eigenvalue weighted by atomic mass is 10.2. The van der Waals surface area contributed by atoms with Gasteiger partial charge in [-0.1, -0.05) is 12.1 Å². The maximum atomic E-state index is 11.7. The van der Waals surface area contributed by atoms with Crippen LogP contribution >= 0.6 is 0 Å². The molecule has 3 N–H and O–H groups in total. The van der Waals surface area contributed by atoms with Gasteiger partial charge in [0.05, 0.1) is 12.3 Å². The molecule has 0 bridgehead atoms. The fraction of sp³-hybridized carbons (Fsp3) is 0.360. The Bertz CT molecular complexity index is 1080. The minimum absolute atomic E-state index is 0.0247. The summed E-state index contributed by atoms with van der Waals surface area (Å²) in [5.41, 5.74) is 2.74. The zero-order valence-corrected chi connectivity index (χ0v) is 20.1. The number of rotatable bonds is 9. The van der Waals surface area contributed by atoms with Crippen molar-refractivity contribution in [3.05, 3.63) is 60.4 Å². The molecule has 0 aliphatic carbocycles. The van der Waals surface area contributed by atoms with Crippen molar-refractivity contribution < 1.29 is 14.6 Å². The molecule has 0 aliphatic heterocycles. The minimum Gasteiger partial charge on any atom is -0.444 e. The Kier molecular flexibility index (Phi) is 8.37. The number of benzene rings is 1. The van der Waals surface area contributed by atoms with Gasteiger partial charge in [0.25, 0.3) is 0 Å². The molecule has 9 heteroatoms. The van der Waals surface area contributed by atoms with Crippen LogP contribution in [0.1, 0.15) is 32.8 Å². The van der Waals surface area contributed by atoms with Crippen LogP contribution in [-0.2, 0) is 11.3 Å². The number of hydrogen-bond donors (Lipinski definition) is 3. The first kappa shape index (κ1) is 24.9. The van der Waals surface area contributed by atoms with Gasteiger partial charge in [0.15, 0.2) is 0 Å². The van der Waals surface area contributed by atoms with Crippen LogP contribution in [0.25, 0.3) is 11.3 Å². The van der Waals surface area contributed by atoms with Crippen molar-refractivity contribution in [2.24, 2.45) is 0 Å². The summed E-state index contributed by atoms with van der Waals surface area (Å²) in [7, 11) is 1.96. The first-order valence-electron chi connectivity index (χ1n) is 11.2. The van der Waals surface area contributed by atoms with Crippen LogP contribution in [0.3, 0.4) is 0 Å². The summed E-state index contributed by atoms with van der Waals surface area (Å²) in [4.78, 5) is 27.2. The second kappa shape index (κ2) is 11.4. The first-order chi connectivity index (χ1) is 16.2. The molecule has 1 aromatic carbocycles. The molecule has 0 fully saturated rings. The molecule has 0 saturated heterocycles. The maximum absolute atomic E-state index is 11.7. The molecular weight excluding hydrogens is 432 g/mol. The SMILES string of the molecule is CN(CCCNC(=O)OC(C)(C)C)c1ccc(-c2ccnc(Nc3cccc(CO)c3)n2)cn1. The number of nitrogens with one attached hydrogen (secondary N) is 2. The van der Waals surface area contributed by atoms with E-state index in [2.05, 4.69) is 25.6 Å². The standard InChI is InChI=1S/C25H32N6O3/c1-25(2,3)34-24(33)27-12-6-14-31(4)22-10-9-19(16-28-22)21-11-13-26-23(30-21)29-20-8-5-7-18(15-20)17-32/h5,7-11,13,15-16,32H,6,12,14,17H2,1-4H3,(H,27,33)(H,26,29,30). The third-order valence-corrected chi connectivity index (χ3v) is 4.79. The van der Waals surface area contributed by atoms with Gasteiger partial charge in [0.1, 0.15) is 11.4 Å². The summed E-state index contributed by atoms with van der Waals surface area (Å²) in [6, 6.07) is 13.2. The van der Waals surface area contributed by atoms with E-state index in [-0.39, 0.29) is 6.61 Å². The van der Waals surface area contributed by atoms with E-state index in [1.54, 1.807) is 12.4 Å². The molecule has 2 aromatic heterocycles. The van der Waals surface area contributed by atoms with Crippen molar-refractivity contribution in [1.29, 1.82) is 0 Å². The van der Waals surface area contributed by atoms with E-state index in [0.29, 0.717) is 12.5 Å². The Hall–Kier alpha value is -3.72. The summed E-state index contributed by atoms with van der Waals surface area (Å²) in [6.07, 6.45) is 3.83. The number of aromatic nitrogens is 3. The van der Waals surface area contributed by atoms with Gasteiger partial charge in [-0.25, -0.2) is 19.7 Å². The van der Waals surface area contributed by atoms with Crippen LogP contribution in [0.5, 0.6) is 0 Å². The van der Waals surface area contributed by atoms with E-state index >= 15 is 0 Å². The highest BCUT2D eigenvalue weighted by atomic mass is 16.6. The lowest BCUT2D eigenvalue weighted by Crippen LogP contribution is -2.34. The average Bonchev–Trinajstić information content (AvgIpc) is 2.81. The summed E-state index contributed by atoms with van der Waals surface area (Å²) >= 11 is 0. The van der Waals surface area contributed by atoms with Crippen molar-refractivity contribution in [3.8, 4) is 11.3 Å². The fourth-order valence-corrected chi connectivity index (χ4v) is 3.16. The van der Waals surface area contributed by atoms with E-state index < -0.39 is 11.7 Å². The highest BCUT2D eigenvalue weighted by Gasteiger charge is 2.15. The van der Waals surface area contributed by atoms with Gasteiger partial charge in [0, 0.05) is 43.8 Å². The first-order valence-corrected chi connectivity index (χ1v) is 11.2. The Morgan fingerprint density at radius 1 is 1.15 bits per heavy atom. The Morgan fingerprint density at radius 3 is 2.68 bits per heavy atom. The molecule has 0 spiro atoms. The molecule has 0 radical (unpaired) electrons. The van der Waals surface area contributed by atoms with Crippen molar-refractivity contribution in [3.63, 3.8) is 0 Å². The average molecular weight is 465 g/mol. The number of carbonyl (C=O) groups is 1. The lowest BCUT2D eigenvalue weighted by Gasteiger charge is -2.21. The Morgan fingerprint density at radius 2 is 1.97 bits per heavy atom. The van der Waals surface area contributed by atoms with Gasteiger partial charge in [-0.3, -0.25) is 0 Å². The molecule has 180 valence electrons. The molecule has 0 unspecified atom stereocenters. The van der Waals surface area contributed by atoms with E-state index in [1.165, 1.54) is 0 Å². The molecule has 3 aromatic rings. The topological polar surface area (TPSA) is 113 Å². The van der Waals surface area contributed by atoms with Gasteiger partial charge in [-0.05, 0) is 63.1 Å². The number of aliphatic hydroxyl groups excluding tert-OH is 1. The predicted octanol–water partition coefficient (Wildman–Crippen LogP) is 4.13. The van der Waals surface area contributed by atoms with Gasteiger partial charge < -0.3 is 25.4 Å². The Labute approximate surface area is 200 Å². The van der Waals surface area contributed by atoms with Crippen molar-refractivity contribution in [2.45, 2.75) is 39.4 Å². The number of alkyl carbamates (subject to hydrolysis) is 1. The van der Waals surface area contributed by atoms with E-state index in [0.717, 1.165) is 41.3 Å². The van der Waals surface area contributed by atoms with Crippen LogP contribution in [0.4, 0.5) is 22.2 Å². The summed E-state index contributed by atoms with van der Waals surface area (Å²) < 4.78 is 5.24. The van der Waals surface area contributed by atoms with Crippen LogP contribution in [-0.4, -0.2) is 51.9 Å². The molecule has 0 atom stereocenters. The summed E-state index contributed by atoms with van der Waals surface area (Å²) in [5.74, 6) is 1.29. The van der Waals surface area contributed by atoms with Crippen molar-refractivity contribution >= 4 is 23.5 Å². The molecule has 3 rings (SSSR count). The summed E-state index contributed by atoms with van der Waals surface area (Å²) in [5, 5.41) is 15.2. The van der Waals surface area contributed by atoms with Crippen molar-refractivity contribution in [1.82, 2.24) is 20.3 Å². The number of ether oxygens (including phenoxy) is 1. The van der Waals surface area contributed by atoms with Gasteiger partial charge in [-0.15, -0.1) is 0 Å². The molecule has 0 aliphatic rings. The van der Waals surface area contributed by atoms with E-state index in [1.807, 2.05) is 75.2 Å². The van der Waals surface area contributed by atoms with Crippen LogP contribution in [0.2, 0.25) is 0 Å². The highest BCUT2D eigenvalue weighted by molar-refractivity contribution is 5.67. The lowest BCUT2D eigenvalue weighted by molar-refractivity contribution is 0.0527. The third kappa shape index (κ3) is 7.70. The molecule has 0 saturated carbocycles. The largest absolute Gasteiger partial charge is 0.444 e. The summed E-state index contributed by atoms with van der Waals surface area (Å²) in [6.45, 7) is 6.75. The van der Waals surface area contributed by atoms with E-state index in [4.69, 9.17) is 4.74 Å². The van der Waals surface area contributed by atoms with Crippen LogP contribution < -0.4 is 15.5 Å².